The third kappa shape index (κ3) is 2.08. The molecule has 6 rings (SSSR count). The number of halogens is 1. The van der Waals surface area contributed by atoms with Crippen molar-refractivity contribution in [1.82, 2.24) is 10.2 Å². The number of hydrogen-bond acceptors (Lipinski definition) is 3. The van der Waals surface area contributed by atoms with Gasteiger partial charge in [-0.05, 0) is 62.2 Å². The Labute approximate surface area is 144 Å². The molecular weight excluding hydrogens is 328 g/mol. The van der Waals surface area contributed by atoms with E-state index in [0.717, 1.165) is 20.0 Å². The Bertz CT molecular complexity index is 789. The Balaban J connectivity index is 1.43. The van der Waals surface area contributed by atoms with E-state index in [1.807, 2.05) is 24.3 Å². The number of nitrogens with zero attached hydrogens (tertiary/aromatic N) is 1. The van der Waals surface area contributed by atoms with Gasteiger partial charge in [0, 0.05) is 5.54 Å². The first-order valence-corrected chi connectivity index (χ1v) is 9.61. The van der Waals surface area contributed by atoms with Gasteiger partial charge >= 0.3 is 0 Å². The van der Waals surface area contributed by atoms with Gasteiger partial charge in [-0.15, -0.1) is 11.3 Å². The number of piperidine rings is 3. The lowest BCUT2D eigenvalue weighted by molar-refractivity contribution is -0.00138. The third-order valence-corrected chi connectivity index (χ3v) is 7.60. The maximum atomic E-state index is 12.8. The number of benzene rings is 1. The van der Waals surface area contributed by atoms with Gasteiger partial charge in [0.1, 0.15) is 0 Å². The van der Waals surface area contributed by atoms with Gasteiger partial charge in [0.15, 0.2) is 0 Å². The highest BCUT2D eigenvalue weighted by Crippen LogP contribution is 2.53. The summed E-state index contributed by atoms with van der Waals surface area (Å²) in [5.41, 5.74) is 0.283. The second-order valence-corrected chi connectivity index (χ2v) is 8.61. The molecule has 4 aliphatic rings. The van der Waals surface area contributed by atoms with Crippen LogP contribution in [0, 0.1) is 5.92 Å². The van der Waals surface area contributed by atoms with E-state index in [-0.39, 0.29) is 11.4 Å². The van der Waals surface area contributed by atoms with Crippen LogP contribution in [0.4, 0.5) is 0 Å². The lowest BCUT2D eigenvalue weighted by Crippen LogP contribution is -2.65. The second-order valence-electron chi connectivity index (χ2n) is 7.15. The first kappa shape index (κ1) is 14.3. The summed E-state index contributed by atoms with van der Waals surface area (Å²) in [4.78, 5) is 16.2. The maximum absolute atomic E-state index is 12.8. The van der Waals surface area contributed by atoms with Crippen LogP contribution in [0.15, 0.2) is 24.3 Å². The minimum Gasteiger partial charge on any atom is -0.346 e. The van der Waals surface area contributed by atoms with E-state index >= 15 is 0 Å². The topological polar surface area (TPSA) is 32.3 Å². The van der Waals surface area contributed by atoms with Crippen molar-refractivity contribution in [1.29, 1.82) is 0 Å². The molecule has 2 bridgehead atoms. The highest BCUT2D eigenvalue weighted by molar-refractivity contribution is 7.21. The van der Waals surface area contributed by atoms with Crippen LogP contribution in [0.3, 0.4) is 0 Å². The van der Waals surface area contributed by atoms with E-state index < -0.39 is 0 Å². The Morgan fingerprint density at radius 3 is 2.78 bits per heavy atom. The maximum Gasteiger partial charge on any atom is 0.261 e. The van der Waals surface area contributed by atoms with Crippen LogP contribution in [-0.2, 0) is 0 Å². The second kappa shape index (κ2) is 4.95. The molecule has 1 atom stereocenters. The molecule has 1 saturated carbocycles. The van der Waals surface area contributed by atoms with Crippen molar-refractivity contribution in [3.8, 4) is 0 Å². The molecule has 0 unspecified atom stereocenters. The highest BCUT2D eigenvalue weighted by atomic mass is 35.5. The number of thiophene rings is 1. The van der Waals surface area contributed by atoms with Crippen LogP contribution in [0.5, 0.6) is 0 Å². The molecule has 23 heavy (non-hydrogen) atoms. The lowest BCUT2D eigenvalue weighted by atomic mass is 9.77. The Morgan fingerprint density at radius 1 is 1.30 bits per heavy atom. The van der Waals surface area contributed by atoms with Crippen molar-refractivity contribution in [2.24, 2.45) is 5.92 Å². The van der Waals surface area contributed by atoms with E-state index in [1.54, 1.807) is 0 Å². The lowest BCUT2D eigenvalue weighted by Gasteiger charge is -2.52. The smallest absolute Gasteiger partial charge is 0.261 e. The highest BCUT2D eigenvalue weighted by Gasteiger charge is 2.60. The molecule has 1 aromatic carbocycles. The summed E-state index contributed by atoms with van der Waals surface area (Å²) >= 11 is 7.75. The molecule has 3 saturated heterocycles. The zero-order chi connectivity index (χ0) is 15.6. The van der Waals surface area contributed by atoms with Crippen LogP contribution < -0.4 is 5.32 Å². The molecule has 3 nitrogen and oxygen atoms in total. The Kier molecular flexibility index (Phi) is 3.07. The summed E-state index contributed by atoms with van der Waals surface area (Å²) in [6.45, 7) is 2.44. The van der Waals surface area contributed by atoms with Crippen LogP contribution >= 0.6 is 22.9 Å². The number of rotatable bonds is 2. The minimum atomic E-state index is 0.0762. The first-order chi connectivity index (χ1) is 11.2. The predicted octanol–water partition coefficient (Wildman–Crippen LogP) is 3.91. The number of carbonyl (C=O) groups is 1. The normalized spacial score (nSPS) is 30.7. The molecule has 5 heteroatoms. The third-order valence-electron chi connectivity index (χ3n) is 5.99. The molecule has 2 aromatic rings. The molecule has 1 amide bonds. The quantitative estimate of drug-likeness (QED) is 0.894. The fourth-order valence-corrected chi connectivity index (χ4v) is 5.94. The van der Waals surface area contributed by atoms with Crippen LogP contribution in [0.2, 0.25) is 5.02 Å². The first-order valence-electron chi connectivity index (χ1n) is 8.41. The summed E-state index contributed by atoms with van der Waals surface area (Å²) in [7, 11) is 0. The Hall–Kier alpha value is -1.10. The Morgan fingerprint density at radius 2 is 2.09 bits per heavy atom. The van der Waals surface area contributed by atoms with E-state index in [0.29, 0.717) is 12.0 Å². The summed E-state index contributed by atoms with van der Waals surface area (Å²) in [6, 6.07) is 8.14. The van der Waals surface area contributed by atoms with Crippen molar-refractivity contribution in [3.05, 3.63) is 34.2 Å². The molecule has 120 valence electrons. The number of carbonyl (C=O) groups excluding carboxylic acids is 1. The van der Waals surface area contributed by atoms with Gasteiger partial charge in [0.25, 0.3) is 5.91 Å². The zero-order valence-electron chi connectivity index (χ0n) is 12.8. The van der Waals surface area contributed by atoms with E-state index in [4.69, 9.17) is 11.6 Å². The van der Waals surface area contributed by atoms with Crippen molar-refractivity contribution in [2.75, 3.05) is 13.1 Å². The van der Waals surface area contributed by atoms with Gasteiger partial charge in [0.2, 0.25) is 0 Å². The van der Waals surface area contributed by atoms with Crippen LogP contribution in [0.25, 0.3) is 10.1 Å². The number of nitrogens with one attached hydrogen (secondary N) is 1. The summed E-state index contributed by atoms with van der Waals surface area (Å²) in [6.07, 6.45) is 4.94. The molecule has 1 spiro atoms. The van der Waals surface area contributed by atoms with E-state index in [2.05, 4.69) is 10.2 Å². The average Bonchev–Trinajstić information content (AvgIpc) is 3.21. The number of hydrogen-bond donors (Lipinski definition) is 1. The predicted molar refractivity (Wildman–Crippen MR) is 94.4 cm³/mol. The fraction of sp³-hybridized carbons (Fsp3) is 0.500. The molecule has 1 aliphatic carbocycles. The van der Waals surface area contributed by atoms with Crippen molar-refractivity contribution >= 4 is 38.9 Å². The summed E-state index contributed by atoms with van der Waals surface area (Å²) in [5.74, 6) is 0.733. The molecule has 1 N–H and O–H groups in total. The standard InChI is InChI=1S/C18H19ClN2OS/c19-13-3-1-2-12-10-14(23-15(12)13)17(22)20-16-11-4-8-21(9-5-11)18(16)6-7-18/h1-3,10-11,16H,4-9H2,(H,20,22)/t16-/m0/s1. The van der Waals surface area contributed by atoms with E-state index in [9.17, 15) is 4.79 Å². The minimum absolute atomic E-state index is 0.0762. The monoisotopic (exact) mass is 346 g/mol. The fourth-order valence-electron chi connectivity index (χ4n) is 4.67. The zero-order valence-corrected chi connectivity index (χ0v) is 14.4. The van der Waals surface area contributed by atoms with Crippen LogP contribution in [0.1, 0.15) is 35.4 Å². The molecule has 3 aliphatic heterocycles. The largest absolute Gasteiger partial charge is 0.346 e. The average molecular weight is 347 g/mol. The van der Waals surface area contributed by atoms with Crippen LogP contribution in [-0.4, -0.2) is 35.5 Å². The van der Waals surface area contributed by atoms with Gasteiger partial charge < -0.3 is 5.32 Å². The summed E-state index contributed by atoms with van der Waals surface area (Å²) < 4.78 is 1.01. The van der Waals surface area contributed by atoms with Gasteiger partial charge in [-0.3, -0.25) is 9.69 Å². The molecular formula is C18H19ClN2OS. The molecule has 0 radical (unpaired) electrons. The van der Waals surface area contributed by atoms with Crippen molar-refractivity contribution in [3.63, 3.8) is 0 Å². The van der Waals surface area contributed by atoms with Crippen molar-refractivity contribution in [2.45, 2.75) is 37.3 Å². The number of amides is 1. The van der Waals surface area contributed by atoms with Gasteiger partial charge in [-0.1, -0.05) is 23.7 Å². The molecule has 4 fully saturated rings. The summed E-state index contributed by atoms with van der Waals surface area (Å²) in [5, 5.41) is 5.17. The number of fused-ring (bicyclic) bond motifs is 3. The SMILES string of the molecule is O=C(N[C@H]1C2CCN(CC2)C12CC2)c1cc2cccc(Cl)c2s1. The van der Waals surface area contributed by atoms with Crippen molar-refractivity contribution < 1.29 is 4.79 Å². The van der Waals surface area contributed by atoms with Gasteiger partial charge in [-0.2, -0.15) is 0 Å². The van der Waals surface area contributed by atoms with E-state index in [1.165, 1.54) is 50.1 Å². The van der Waals surface area contributed by atoms with Gasteiger partial charge in [-0.25, -0.2) is 0 Å². The molecule has 4 heterocycles. The van der Waals surface area contributed by atoms with Gasteiger partial charge in [0.05, 0.1) is 20.6 Å². The molecule has 1 aromatic heterocycles.